The highest BCUT2D eigenvalue weighted by atomic mass is 32.2. The number of carbonyl (C=O) groups is 1. The third-order valence-corrected chi connectivity index (χ3v) is 7.29. The Morgan fingerprint density at radius 1 is 1.00 bits per heavy atom. The van der Waals surface area contributed by atoms with Crippen molar-refractivity contribution in [2.45, 2.75) is 37.5 Å². The van der Waals surface area contributed by atoms with Gasteiger partial charge in [-0.3, -0.25) is 4.79 Å². The first-order chi connectivity index (χ1) is 13.8. The Morgan fingerprint density at radius 3 is 2.21 bits per heavy atom. The molecular formula is C22H28N2O4S. The zero-order valence-electron chi connectivity index (χ0n) is 16.9. The van der Waals surface area contributed by atoms with Crippen LogP contribution in [0, 0.1) is 0 Å². The minimum absolute atomic E-state index is 0.0217. The third-order valence-electron chi connectivity index (χ3n) is 5.38. The summed E-state index contributed by atoms with van der Waals surface area (Å²) in [5.74, 6) is 0.519. The number of rotatable bonds is 6. The van der Waals surface area contributed by atoms with Gasteiger partial charge in [0.1, 0.15) is 5.75 Å². The molecule has 1 saturated heterocycles. The van der Waals surface area contributed by atoms with E-state index >= 15 is 0 Å². The van der Waals surface area contributed by atoms with Crippen LogP contribution in [-0.4, -0.2) is 54.8 Å². The molecule has 29 heavy (non-hydrogen) atoms. The first-order valence-corrected chi connectivity index (χ1v) is 11.4. The van der Waals surface area contributed by atoms with E-state index in [2.05, 4.69) is 13.8 Å². The van der Waals surface area contributed by atoms with Crippen LogP contribution in [0.15, 0.2) is 53.4 Å². The van der Waals surface area contributed by atoms with Crippen LogP contribution >= 0.6 is 0 Å². The molecule has 0 atom stereocenters. The Morgan fingerprint density at radius 2 is 1.62 bits per heavy atom. The number of hydrogen-bond acceptors (Lipinski definition) is 4. The van der Waals surface area contributed by atoms with Crippen LogP contribution in [0.1, 0.15) is 37.3 Å². The number of phenols is 1. The zero-order valence-corrected chi connectivity index (χ0v) is 17.7. The number of aromatic hydroxyl groups is 1. The number of sulfonamides is 1. The molecule has 1 N–H and O–H groups in total. The van der Waals surface area contributed by atoms with Crippen molar-refractivity contribution in [3.8, 4) is 5.75 Å². The van der Waals surface area contributed by atoms with Crippen LogP contribution < -0.4 is 0 Å². The van der Waals surface area contributed by atoms with Gasteiger partial charge < -0.3 is 10.0 Å². The molecule has 156 valence electrons. The fourth-order valence-corrected chi connectivity index (χ4v) is 4.90. The van der Waals surface area contributed by atoms with Crippen molar-refractivity contribution in [3.05, 3.63) is 59.7 Å². The summed E-state index contributed by atoms with van der Waals surface area (Å²) < 4.78 is 27.2. The summed E-state index contributed by atoms with van der Waals surface area (Å²) in [6, 6.07) is 14.0. The lowest BCUT2D eigenvalue weighted by Crippen LogP contribution is -2.50. The lowest BCUT2D eigenvalue weighted by atomic mass is 10.0. The Balaban J connectivity index is 1.56. The number of phenolic OH excluding ortho intramolecular Hbond substituents is 1. The first-order valence-electron chi connectivity index (χ1n) is 9.94. The molecule has 1 fully saturated rings. The van der Waals surface area contributed by atoms with Gasteiger partial charge in [-0.1, -0.05) is 44.2 Å². The summed E-state index contributed by atoms with van der Waals surface area (Å²) in [6.45, 7) is 5.47. The molecule has 0 aromatic heterocycles. The molecule has 1 amide bonds. The Kier molecular flexibility index (Phi) is 6.59. The lowest BCUT2D eigenvalue weighted by Gasteiger charge is -2.34. The van der Waals surface area contributed by atoms with Crippen LogP contribution in [0.4, 0.5) is 0 Å². The van der Waals surface area contributed by atoms with Crippen molar-refractivity contribution >= 4 is 15.9 Å². The molecular weight excluding hydrogens is 388 g/mol. The minimum atomic E-state index is -3.55. The van der Waals surface area contributed by atoms with Gasteiger partial charge in [-0.15, -0.1) is 0 Å². The number of nitrogens with zero attached hydrogens (tertiary/aromatic N) is 2. The van der Waals surface area contributed by atoms with E-state index < -0.39 is 10.0 Å². The van der Waals surface area contributed by atoms with Gasteiger partial charge in [0.2, 0.25) is 15.9 Å². The number of benzene rings is 2. The van der Waals surface area contributed by atoms with E-state index in [4.69, 9.17) is 0 Å². The van der Waals surface area contributed by atoms with E-state index in [1.165, 1.54) is 4.31 Å². The van der Waals surface area contributed by atoms with Gasteiger partial charge >= 0.3 is 0 Å². The summed E-state index contributed by atoms with van der Waals surface area (Å²) in [6.07, 6.45) is 0.757. The molecule has 1 aliphatic heterocycles. The van der Waals surface area contributed by atoms with Gasteiger partial charge in [-0.2, -0.15) is 4.31 Å². The molecule has 3 rings (SSSR count). The molecule has 0 aliphatic carbocycles. The van der Waals surface area contributed by atoms with E-state index in [0.717, 1.165) is 11.1 Å². The number of amides is 1. The molecule has 7 heteroatoms. The quantitative estimate of drug-likeness (QED) is 0.785. The maximum absolute atomic E-state index is 12.9. The van der Waals surface area contributed by atoms with Crippen molar-refractivity contribution in [1.82, 2.24) is 9.21 Å². The summed E-state index contributed by atoms with van der Waals surface area (Å²) in [5.41, 5.74) is 1.84. The van der Waals surface area contributed by atoms with Gasteiger partial charge in [-0.25, -0.2) is 8.42 Å². The maximum Gasteiger partial charge on any atom is 0.243 e. The van der Waals surface area contributed by atoms with Gasteiger partial charge in [-0.05, 0) is 41.7 Å². The summed E-state index contributed by atoms with van der Waals surface area (Å²) in [7, 11) is -3.55. The molecule has 1 heterocycles. The van der Waals surface area contributed by atoms with Crippen LogP contribution in [0.5, 0.6) is 5.75 Å². The highest BCUT2D eigenvalue weighted by molar-refractivity contribution is 7.89. The van der Waals surface area contributed by atoms with Crippen molar-refractivity contribution in [3.63, 3.8) is 0 Å². The molecule has 0 unspecified atom stereocenters. The molecule has 1 aliphatic rings. The van der Waals surface area contributed by atoms with Crippen LogP contribution in [0.3, 0.4) is 0 Å². The second-order valence-corrected chi connectivity index (χ2v) is 9.58. The molecule has 0 radical (unpaired) electrons. The van der Waals surface area contributed by atoms with E-state index in [0.29, 0.717) is 36.7 Å². The van der Waals surface area contributed by atoms with E-state index in [-0.39, 0.29) is 24.7 Å². The second-order valence-electron chi connectivity index (χ2n) is 7.64. The molecule has 2 aromatic rings. The summed E-state index contributed by atoms with van der Waals surface area (Å²) >= 11 is 0. The number of piperazine rings is 1. The number of aryl methyl sites for hydroxylation is 1. The van der Waals surface area contributed by atoms with Crippen molar-refractivity contribution < 1.29 is 18.3 Å². The van der Waals surface area contributed by atoms with Crippen LogP contribution in [0.2, 0.25) is 0 Å². The smallest absolute Gasteiger partial charge is 0.243 e. The zero-order chi connectivity index (χ0) is 21.0. The monoisotopic (exact) mass is 416 g/mol. The van der Waals surface area contributed by atoms with Crippen molar-refractivity contribution in [2.24, 2.45) is 0 Å². The standard InChI is InChI=1S/C22H28N2O4S/c1-17(2)18-7-10-20(11-8-18)29(27,28)24-15-13-23(14-16-24)22(26)12-9-19-5-3-4-6-21(19)25/h3-8,10-11,17,25H,9,12-16H2,1-2H3. The normalized spacial score (nSPS) is 15.6. The van der Waals surface area contributed by atoms with Gasteiger partial charge in [0.05, 0.1) is 4.90 Å². The highest BCUT2D eigenvalue weighted by Crippen LogP contribution is 2.22. The fourth-order valence-electron chi connectivity index (χ4n) is 3.47. The lowest BCUT2D eigenvalue weighted by molar-refractivity contribution is -0.132. The Hall–Kier alpha value is -2.38. The van der Waals surface area contributed by atoms with Crippen LogP contribution in [-0.2, 0) is 21.2 Å². The average Bonchev–Trinajstić information content (AvgIpc) is 2.73. The second kappa shape index (κ2) is 8.97. The Labute approximate surface area is 172 Å². The summed E-state index contributed by atoms with van der Waals surface area (Å²) in [4.78, 5) is 14.5. The number of carbonyl (C=O) groups excluding carboxylic acids is 1. The van der Waals surface area contributed by atoms with Gasteiger partial charge in [0.15, 0.2) is 0 Å². The number of para-hydroxylation sites is 1. The highest BCUT2D eigenvalue weighted by Gasteiger charge is 2.30. The third kappa shape index (κ3) is 4.97. The first kappa shape index (κ1) is 21.3. The van der Waals surface area contributed by atoms with Gasteiger partial charge in [0, 0.05) is 32.6 Å². The van der Waals surface area contributed by atoms with E-state index in [1.54, 1.807) is 35.2 Å². The van der Waals surface area contributed by atoms with Crippen molar-refractivity contribution in [2.75, 3.05) is 26.2 Å². The maximum atomic E-state index is 12.9. The predicted octanol–water partition coefficient (Wildman–Crippen LogP) is 2.98. The summed E-state index contributed by atoms with van der Waals surface area (Å²) in [5, 5.41) is 9.82. The van der Waals surface area contributed by atoms with Crippen LogP contribution in [0.25, 0.3) is 0 Å². The molecule has 2 aromatic carbocycles. The largest absolute Gasteiger partial charge is 0.508 e. The fraction of sp³-hybridized carbons (Fsp3) is 0.409. The van der Waals surface area contributed by atoms with Gasteiger partial charge in [0.25, 0.3) is 0 Å². The molecule has 0 spiro atoms. The molecule has 0 bridgehead atoms. The average molecular weight is 417 g/mol. The number of hydrogen-bond donors (Lipinski definition) is 1. The SMILES string of the molecule is CC(C)c1ccc(S(=O)(=O)N2CCN(C(=O)CCc3ccccc3O)CC2)cc1. The minimum Gasteiger partial charge on any atom is -0.508 e. The predicted molar refractivity (Wildman–Crippen MR) is 112 cm³/mol. The molecule has 0 saturated carbocycles. The van der Waals surface area contributed by atoms with E-state index in [9.17, 15) is 18.3 Å². The Bertz CT molecular complexity index is 947. The van der Waals surface area contributed by atoms with Crippen molar-refractivity contribution in [1.29, 1.82) is 0 Å². The molecule has 6 nitrogen and oxygen atoms in total. The van der Waals surface area contributed by atoms with E-state index in [1.807, 2.05) is 18.2 Å². The topological polar surface area (TPSA) is 77.9 Å².